The zero-order valence-corrected chi connectivity index (χ0v) is 13.8. The van der Waals surface area contributed by atoms with Crippen molar-refractivity contribution in [1.82, 2.24) is 10.2 Å². The topological polar surface area (TPSA) is 58.6 Å². The van der Waals surface area contributed by atoms with E-state index in [1.807, 2.05) is 19.0 Å². The minimum absolute atomic E-state index is 0.0245. The van der Waals surface area contributed by atoms with Gasteiger partial charge in [-0.1, -0.05) is 20.8 Å². The Morgan fingerprint density at radius 3 is 2.71 bits per heavy atom. The molecule has 1 amide bonds. The number of rotatable bonds is 8. The molecule has 121 valence electrons. The van der Waals surface area contributed by atoms with Gasteiger partial charge in [-0.05, 0) is 38.8 Å². The number of nitrogens with zero attached hydrogens (tertiary/aromatic N) is 1. The minimum atomic E-state index is -0.486. The molecule has 0 aromatic carbocycles. The lowest BCUT2D eigenvalue weighted by Gasteiger charge is -2.23. The molecule has 1 aliphatic heterocycles. The van der Waals surface area contributed by atoms with Gasteiger partial charge in [0.2, 0.25) is 5.91 Å². The Labute approximate surface area is 128 Å². The maximum atomic E-state index is 12.0. The fourth-order valence-corrected chi connectivity index (χ4v) is 2.21. The molecule has 1 radical (unpaired) electrons. The third kappa shape index (κ3) is 6.14. The second-order valence-corrected chi connectivity index (χ2v) is 6.87. The number of ketones is 1. The van der Waals surface area contributed by atoms with Gasteiger partial charge in [-0.3, -0.25) is 9.59 Å². The highest BCUT2D eigenvalue weighted by Crippen LogP contribution is 2.25. The Balaban J connectivity index is 2.46. The zero-order valence-electron chi connectivity index (χ0n) is 13.8. The third-order valence-electron chi connectivity index (χ3n) is 4.04. The Bertz CT molecular complexity index is 367. The molecule has 0 saturated carbocycles. The predicted molar refractivity (Wildman–Crippen MR) is 82.8 cm³/mol. The molecule has 2 atom stereocenters. The molecule has 1 N–H and O–H groups in total. The highest BCUT2D eigenvalue weighted by atomic mass is 16.5. The molecule has 5 heteroatoms. The molecule has 1 saturated heterocycles. The molecule has 1 rings (SSSR count). The summed E-state index contributed by atoms with van der Waals surface area (Å²) in [5.41, 5.74) is 0.0534. The summed E-state index contributed by atoms with van der Waals surface area (Å²) >= 11 is 0. The number of hydrogen-bond donors (Lipinski definition) is 1. The van der Waals surface area contributed by atoms with Gasteiger partial charge in [-0.2, -0.15) is 0 Å². The molecule has 5 nitrogen and oxygen atoms in total. The quantitative estimate of drug-likeness (QED) is 0.736. The van der Waals surface area contributed by atoms with Crippen LogP contribution < -0.4 is 5.32 Å². The number of carbonyl (C=O) groups excluding carboxylic acids is 2. The lowest BCUT2D eigenvalue weighted by atomic mass is 9.85. The van der Waals surface area contributed by atoms with E-state index in [1.54, 1.807) is 0 Å². The van der Waals surface area contributed by atoms with E-state index in [4.69, 9.17) is 4.74 Å². The second-order valence-electron chi connectivity index (χ2n) is 6.87. The third-order valence-corrected chi connectivity index (χ3v) is 4.04. The smallest absolute Gasteiger partial charge is 0.220 e. The first-order valence-electron chi connectivity index (χ1n) is 7.63. The first kappa shape index (κ1) is 18.1. The molecule has 0 aromatic heterocycles. The van der Waals surface area contributed by atoms with Crippen LogP contribution in [-0.4, -0.2) is 56.0 Å². The van der Waals surface area contributed by atoms with E-state index >= 15 is 0 Å². The molecule has 0 bridgehead atoms. The number of amides is 1. The zero-order chi connectivity index (χ0) is 16.0. The van der Waals surface area contributed by atoms with Crippen molar-refractivity contribution in [2.24, 2.45) is 5.41 Å². The molecule has 0 aliphatic carbocycles. The van der Waals surface area contributed by atoms with E-state index in [0.717, 1.165) is 25.8 Å². The van der Waals surface area contributed by atoms with Crippen LogP contribution in [0, 0.1) is 12.3 Å². The fraction of sp³-hybridized carbons (Fsp3) is 0.812. The van der Waals surface area contributed by atoms with Gasteiger partial charge in [0.05, 0.1) is 6.10 Å². The number of carbonyl (C=O) groups is 2. The van der Waals surface area contributed by atoms with Crippen molar-refractivity contribution in [3.8, 4) is 0 Å². The van der Waals surface area contributed by atoms with E-state index in [0.29, 0.717) is 6.42 Å². The van der Waals surface area contributed by atoms with Crippen molar-refractivity contribution in [3.63, 3.8) is 0 Å². The average molecular weight is 297 g/mol. The van der Waals surface area contributed by atoms with E-state index in [1.165, 1.54) is 0 Å². The molecule has 0 spiro atoms. The molecule has 21 heavy (non-hydrogen) atoms. The molecule has 2 unspecified atom stereocenters. The normalized spacial score (nSPS) is 22.9. The first-order valence-corrected chi connectivity index (χ1v) is 7.63. The fourth-order valence-electron chi connectivity index (χ4n) is 2.21. The van der Waals surface area contributed by atoms with Gasteiger partial charge in [0.1, 0.15) is 12.6 Å². The van der Waals surface area contributed by atoms with Crippen LogP contribution in [0.5, 0.6) is 0 Å². The van der Waals surface area contributed by atoms with Crippen molar-refractivity contribution in [1.29, 1.82) is 0 Å². The van der Waals surface area contributed by atoms with Gasteiger partial charge in [-0.15, -0.1) is 0 Å². The maximum Gasteiger partial charge on any atom is 0.220 e. The van der Waals surface area contributed by atoms with Gasteiger partial charge < -0.3 is 15.0 Å². The van der Waals surface area contributed by atoms with Gasteiger partial charge in [0, 0.05) is 13.0 Å². The lowest BCUT2D eigenvalue weighted by molar-refractivity contribution is -0.126. The summed E-state index contributed by atoms with van der Waals surface area (Å²) < 4.78 is 5.49. The Kier molecular flexibility index (Phi) is 6.81. The summed E-state index contributed by atoms with van der Waals surface area (Å²) in [7, 11) is 3.95. The summed E-state index contributed by atoms with van der Waals surface area (Å²) in [6, 6.07) is -0.486. The van der Waals surface area contributed by atoms with Gasteiger partial charge in [0.15, 0.2) is 5.78 Å². The summed E-state index contributed by atoms with van der Waals surface area (Å²) in [6.07, 6.45) is 2.52. The minimum Gasteiger partial charge on any atom is -0.368 e. The van der Waals surface area contributed by atoms with Crippen LogP contribution in [0.25, 0.3) is 0 Å². The average Bonchev–Trinajstić information content (AvgIpc) is 2.75. The summed E-state index contributed by atoms with van der Waals surface area (Å²) in [5, 5.41) is 2.85. The Morgan fingerprint density at radius 2 is 2.14 bits per heavy atom. The molecule has 1 heterocycles. The largest absolute Gasteiger partial charge is 0.368 e. The van der Waals surface area contributed by atoms with Crippen LogP contribution in [0.4, 0.5) is 0 Å². The highest BCUT2D eigenvalue weighted by molar-refractivity contribution is 5.91. The van der Waals surface area contributed by atoms with Crippen molar-refractivity contribution >= 4 is 11.7 Å². The Hall–Kier alpha value is -0.940. The van der Waals surface area contributed by atoms with Crippen molar-refractivity contribution < 1.29 is 14.3 Å². The SMILES string of the molecule is [CH2]CC(C)(C)CCC(=O)NC1C(=O)COC1CCN(C)C. The summed E-state index contributed by atoms with van der Waals surface area (Å²) in [5.74, 6) is -0.0984. The van der Waals surface area contributed by atoms with Gasteiger partial charge >= 0.3 is 0 Å². The first-order chi connectivity index (χ1) is 9.75. The Morgan fingerprint density at radius 1 is 1.48 bits per heavy atom. The van der Waals surface area contributed by atoms with Gasteiger partial charge in [-0.25, -0.2) is 0 Å². The van der Waals surface area contributed by atoms with Crippen LogP contribution in [0.2, 0.25) is 0 Å². The summed E-state index contributed by atoms with van der Waals surface area (Å²) in [6.45, 7) is 9.02. The number of hydrogen-bond acceptors (Lipinski definition) is 4. The van der Waals surface area contributed by atoms with Crippen LogP contribution in [0.15, 0.2) is 0 Å². The van der Waals surface area contributed by atoms with E-state index in [9.17, 15) is 9.59 Å². The van der Waals surface area contributed by atoms with Crippen molar-refractivity contribution in [3.05, 3.63) is 6.92 Å². The molecular formula is C16H29N2O3. The highest BCUT2D eigenvalue weighted by Gasteiger charge is 2.36. The van der Waals surface area contributed by atoms with Crippen LogP contribution in [0.3, 0.4) is 0 Å². The molecule has 0 aromatic rings. The molecule has 1 fully saturated rings. The number of ether oxygens (including phenoxy) is 1. The molecule has 1 aliphatic rings. The van der Waals surface area contributed by atoms with Gasteiger partial charge in [0.25, 0.3) is 0 Å². The van der Waals surface area contributed by atoms with Crippen molar-refractivity contribution in [2.45, 2.75) is 51.7 Å². The molecular weight excluding hydrogens is 268 g/mol. The van der Waals surface area contributed by atoms with Crippen molar-refractivity contribution in [2.75, 3.05) is 27.2 Å². The van der Waals surface area contributed by atoms with E-state index < -0.39 is 6.04 Å². The van der Waals surface area contributed by atoms with Crippen LogP contribution in [-0.2, 0) is 14.3 Å². The predicted octanol–water partition coefficient (Wildman–Crippen LogP) is 1.42. The maximum absolute atomic E-state index is 12.0. The van der Waals surface area contributed by atoms with E-state index in [-0.39, 0.29) is 29.8 Å². The van der Waals surface area contributed by atoms with E-state index in [2.05, 4.69) is 26.1 Å². The number of nitrogens with one attached hydrogen (secondary N) is 1. The van der Waals surface area contributed by atoms with Crippen LogP contribution in [0.1, 0.15) is 39.5 Å². The lowest BCUT2D eigenvalue weighted by Crippen LogP contribution is -2.45. The second kappa shape index (κ2) is 7.90. The van der Waals surface area contributed by atoms with Crippen LogP contribution >= 0.6 is 0 Å². The number of Topliss-reactive ketones (excluding diaryl/α,β-unsaturated/α-hetero) is 1. The summed E-state index contributed by atoms with van der Waals surface area (Å²) in [4.78, 5) is 25.9. The monoisotopic (exact) mass is 297 g/mol. The standard InChI is InChI=1S/C16H29N2O3/c1-6-16(2,3)9-7-14(20)17-15-12(19)11-21-13(15)8-10-18(4)5/h13,15H,1,6-11H2,2-5H3,(H,17,20).